The van der Waals surface area contributed by atoms with Crippen molar-refractivity contribution in [1.29, 1.82) is 0 Å². The van der Waals surface area contributed by atoms with Crippen molar-refractivity contribution in [3.8, 4) is 0 Å². The molecule has 0 spiro atoms. The van der Waals surface area contributed by atoms with Gasteiger partial charge in [-0.3, -0.25) is 5.21 Å². The van der Waals surface area contributed by atoms with E-state index in [9.17, 15) is 10.0 Å². The van der Waals surface area contributed by atoms with E-state index in [2.05, 4.69) is 10.4 Å². The van der Waals surface area contributed by atoms with Gasteiger partial charge in [-0.05, 0) is 38.5 Å². The monoisotopic (exact) mass is 414 g/mol. The van der Waals surface area contributed by atoms with E-state index in [1.807, 2.05) is 51.1 Å². The normalized spacial score (nSPS) is 18.5. The van der Waals surface area contributed by atoms with Gasteiger partial charge in [0.25, 0.3) is 0 Å². The quantitative estimate of drug-likeness (QED) is 0.329. The number of thioether (sulfide) groups is 1. The molecule has 1 aliphatic heterocycles. The number of anilines is 1. The predicted octanol–water partition coefficient (Wildman–Crippen LogP) is 4.69. The standard InChI is InChI=1S/C20H22N4O2S2/c1-14-9-11-15(12-10-14)13-21-23-17(20(2,3)28-19(23)27)24(26)18(25)22-16-7-5-4-6-8-16/h4-13,17,26H,1-3H3,(H,22,25)/b21-13-/t17-/m1/s1. The van der Waals surface area contributed by atoms with Crippen molar-refractivity contribution in [1.82, 2.24) is 10.1 Å². The van der Waals surface area contributed by atoms with Gasteiger partial charge in [0.2, 0.25) is 0 Å². The van der Waals surface area contributed by atoms with Gasteiger partial charge in [0.1, 0.15) is 0 Å². The summed E-state index contributed by atoms with van der Waals surface area (Å²) in [5.41, 5.74) is 2.65. The lowest BCUT2D eigenvalue weighted by atomic mass is 10.1. The Bertz CT molecular complexity index is 885. The van der Waals surface area contributed by atoms with E-state index in [4.69, 9.17) is 12.2 Å². The second-order valence-electron chi connectivity index (χ2n) is 6.99. The second kappa shape index (κ2) is 8.30. The number of hydrazone groups is 1. The number of amides is 2. The van der Waals surface area contributed by atoms with Gasteiger partial charge in [-0.25, -0.2) is 9.80 Å². The first-order valence-electron chi connectivity index (χ1n) is 8.75. The Balaban J connectivity index is 1.81. The highest BCUT2D eigenvalue weighted by Crippen LogP contribution is 2.42. The fourth-order valence-electron chi connectivity index (χ4n) is 2.82. The molecule has 1 heterocycles. The molecule has 0 aliphatic carbocycles. The number of hydroxylamine groups is 2. The van der Waals surface area contributed by atoms with Crippen LogP contribution in [0.4, 0.5) is 10.5 Å². The van der Waals surface area contributed by atoms with Crippen LogP contribution in [0.15, 0.2) is 59.7 Å². The molecule has 2 aromatic carbocycles. The van der Waals surface area contributed by atoms with Crippen molar-refractivity contribution in [2.75, 3.05) is 5.32 Å². The van der Waals surface area contributed by atoms with Crippen LogP contribution in [0.5, 0.6) is 0 Å². The number of benzene rings is 2. The van der Waals surface area contributed by atoms with Gasteiger partial charge in [-0.1, -0.05) is 72.0 Å². The first kappa shape index (κ1) is 20.3. The number of hydrogen-bond donors (Lipinski definition) is 2. The number of hydrogen-bond acceptors (Lipinski definition) is 5. The third-order valence-electron chi connectivity index (χ3n) is 4.26. The summed E-state index contributed by atoms with van der Waals surface area (Å²) in [4.78, 5) is 12.6. The van der Waals surface area contributed by atoms with Gasteiger partial charge in [0, 0.05) is 5.69 Å². The minimum Gasteiger partial charge on any atom is -0.306 e. The highest BCUT2D eigenvalue weighted by atomic mass is 32.2. The number of thiocarbonyl (C=S) groups is 1. The predicted molar refractivity (Wildman–Crippen MR) is 118 cm³/mol. The first-order chi connectivity index (χ1) is 13.3. The minimum absolute atomic E-state index is 0.491. The number of carbonyl (C=O) groups excluding carboxylic acids is 1. The average molecular weight is 415 g/mol. The molecule has 1 atom stereocenters. The fraction of sp³-hybridized carbons (Fsp3) is 0.250. The molecule has 1 fully saturated rings. The number of para-hydroxylation sites is 1. The van der Waals surface area contributed by atoms with Crippen molar-refractivity contribution < 1.29 is 10.0 Å². The minimum atomic E-state index is -0.754. The Morgan fingerprint density at radius 1 is 1.25 bits per heavy atom. The Morgan fingerprint density at radius 2 is 1.89 bits per heavy atom. The summed E-state index contributed by atoms with van der Waals surface area (Å²) >= 11 is 6.83. The molecule has 6 nitrogen and oxygen atoms in total. The topological polar surface area (TPSA) is 68.2 Å². The maximum atomic E-state index is 12.6. The van der Waals surface area contributed by atoms with Crippen LogP contribution in [0.2, 0.25) is 0 Å². The molecule has 2 N–H and O–H groups in total. The summed E-state index contributed by atoms with van der Waals surface area (Å²) < 4.78 is -0.0604. The molecule has 0 saturated carbocycles. The zero-order valence-corrected chi connectivity index (χ0v) is 17.5. The highest BCUT2D eigenvalue weighted by Gasteiger charge is 2.50. The molecule has 0 radical (unpaired) electrons. The van der Waals surface area contributed by atoms with Gasteiger partial charge >= 0.3 is 6.03 Å². The number of nitrogens with one attached hydrogen (secondary N) is 1. The molecule has 1 saturated heterocycles. The van der Waals surface area contributed by atoms with Gasteiger partial charge in [0.05, 0.1) is 11.0 Å². The zero-order valence-electron chi connectivity index (χ0n) is 15.9. The number of urea groups is 1. The average Bonchev–Trinajstić information content (AvgIpc) is 2.89. The summed E-state index contributed by atoms with van der Waals surface area (Å²) in [6.07, 6.45) is 0.916. The molecule has 2 amide bonds. The smallest absolute Gasteiger partial charge is 0.306 e. The molecular weight excluding hydrogens is 392 g/mol. The first-order valence-corrected chi connectivity index (χ1v) is 9.97. The second-order valence-corrected chi connectivity index (χ2v) is 9.27. The van der Waals surface area contributed by atoms with Crippen molar-refractivity contribution >= 4 is 46.2 Å². The number of carbonyl (C=O) groups is 1. The molecule has 0 unspecified atom stereocenters. The number of aryl methyl sites for hydroxylation is 1. The highest BCUT2D eigenvalue weighted by molar-refractivity contribution is 8.24. The Hall–Kier alpha value is -2.42. The van der Waals surface area contributed by atoms with Gasteiger partial charge in [0.15, 0.2) is 10.5 Å². The molecule has 0 bridgehead atoms. The van der Waals surface area contributed by atoms with Crippen LogP contribution in [0, 0.1) is 6.92 Å². The van der Waals surface area contributed by atoms with Gasteiger partial charge in [-0.15, -0.1) is 0 Å². The van der Waals surface area contributed by atoms with Crippen LogP contribution < -0.4 is 5.32 Å². The van der Waals surface area contributed by atoms with E-state index in [1.54, 1.807) is 30.5 Å². The molecular formula is C20H22N4O2S2. The van der Waals surface area contributed by atoms with E-state index in [1.165, 1.54) is 16.8 Å². The summed E-state index contributed by atoms with van der Waals surface area (Å²) in [7, 11) is 0. The number of rotatable bonds is 4. The van der Waals surface area contributed by atoms with Crippen LogP contribution in [-0.2, 0) is 0 Å². The van der Waals surface area contributed by atoms with Crippen molar-refractivity contribution in [3.63, 3.8) is 0 Å². The largest absolute Gasteiger partial charge is 0.347 e. The maximum Gasteiger partial charge on any atom is 0.347 e. The zero-order chi connectivity index (χ0) is 20.3. The van der Waals surface area contributed by atoms with E-state index < -0.39 is 16.9 Å². The summed E-state index contributed by atoms with van der Waals surface area (Å²) in [5.74, 6) is 0. The van der Waals surface area contributed by atoms with E-state index in [-0.39, 0.29) is 0 Å². The Morgan fingerprint density at radius 3 is 2.54 bits per heavy atom. The van der Waals surface area contributed by atoms with E-state index in [0.29, 0.717) is 15.1 Å². The third kappa shape index (κ3) is 4.52. The van der Waals surface area contributed by atoms with Gasteiger partial charge < -0.3 is 5.32 Å². The third-order valence-corrected chi connectivity index (χ3v) is 5.80. The van der Waals surface area contributed by atoms with Crippen LogP contribution in [0.1, 0.15) is 25.0 Å². The van der Waals surface area contributed by atoms with E-state index >= 15 is 0 Å². The Labute approximate surface area is 174 Å². The number of nitrogens with zero attached hydrogens (tertiary/aromatic N) is 3. The molecule has 146 valence electrons. The van der Waals surface area contributed by atoms with Crippen molar-refractivity contribution in [3.05, 3.63) is 65.7 Å². The fourth-order valence-corrected chi connectivity index (χ4v) is 4.61. The molecule has 3 rings (SSSR count). The van der Waals surface area contributed by atoms with Crippen LogP contribution >= 0.6 is 24.0 Å². The summed E-state index contributed by atoms with van der Waals surface area (Å²) in [6.45, 7) is 5.84. The lowest BCUT2D eigenvalue weighted by Gasteiger charge is -2.34. The summed E-state index contributed by atoms with van der Waals surface area (Å²) in [5, 5.41) is 20.0. The lowest BCUT2D eigenvalue weighted by Crippen LogP contribution is -2.54. The molecule has 1 aliphatic rings. The van der Waals surface area contributed by atoms with Crippen LogP contribution in [-0.4, -0.2) is 42.8 Å². The maximum absolute atomic E-state index is 12.6. The van der Waals surface area contributed by atoms with Crippen molar-refractivity contribution in [2.45, 2.75) is 31.7 Å². The van der Waals surface area contributed by atoms with Crippen LogP contribution in [0.25, 0.3) is 0 Å². The SMILES string of the molecule is Cc1ccc(/C=N\N2C(=S)SC(C)(C)[C@H]2N(O)C(=O)Nc2ccccc2)cc1. The van der Waals surface area contributed by atoms with Gasteiger partial charge in [-0.2, -0.15) is 10.2 Å². The molecule has 0 aromatic heterocycles. The van der Waals surface area contributed by atoms with Crippen LogP contribution in [0.3, 0.4) is 0 Å². The Kier molecular flexibility index (Phi) is 6.02. The molecule has 8 heteroatoms. The lowest BCUT2D eigenvalue weighted by molar-refractivity contribution is -0.114. The molecule has 28 heavy (non-hydrogen) atoms. The van der Waals surface area contributed by atoms with Crippen molar-refractivity contribution in [2.24, 2.45) is 5.10 Å². The molecule has 2 aromatic rings. The summed E-state index contributed by atoms with van der Waals surface area (Å²) in [6, 6.07) is 16.2. The van der Waals surface area contributed by atoms with E-state index in [0.717, 1.165) is 11.1 Å².